The maximum Gasteiger partial charge on any atom is 0.137 e. The molecule has 0 aliphatic rings. The van der Waals surface area contributed by atoms with Gasteiger partial charge < -0.3 is 5.11 Å². The van der Waals surface area contributed by atoms with Crippen molar-refractivity contribution < 1.29 is 5.11 Å². The van der Waals surface area contributed by atoms with Crippen molar-refractivity contribution >= 4 is 0 Å². The average molecular weight is 151 g/mol. The number of aromatic hydroxyl groups is 1. The molecule has 0 atom stereocenters. The summed E-state index contributed by atoms with van der Waals surface area (Å²) in [4.78, 5) is 4.04. The molecule has 0 fully saturated rings. The Kier molecular flexibility index (Phi) is 2.13. The number of aromatic nitrogens is 1. The maximum absolute atomic E-state index is 9.35. The highest BCUT2D eigenvalue weighted by Crippen LogP contribution is 2.21. The molecule has 0 aromatic carbocycles. The quantitative estimate of drug-likeness (QED) is 0.665. The number of pyridine rings is 1. The third kappa shape index (κ3) is 1.34. The van der Waals surface area contributed by atoms with Gasteiger partial charge in [0, 0.05) is 5.69 Å². The van der Waals surface area contributed by atoms with Gasteiger partial charge in [-0.1, -0.05) is 6.92 Å². The van der Waals surface area contributed by atoms with E-state index in [4.69, 9.17) is 0 Å². The minimum Gasteiger partial charge on any atom is -0.506 e. The van der Waals surface area contributed by atoms with Crippen molar-refractivity contribution in [3.63, 3.8) is 0 Å². The van der Waals surface area contributed by atoms with Crippen molar-refractivity contribution in [2.24, 2.45) is 0 Å². The minimum absolute atomic E-state index is 0.315. The second kappa shape index (κ2) is 2.91. The van der Waals surface area contributed by atoms with Crippen LogP contribution in [0.4, 0.5) is 0 Å². The largest absolute Gasteiger partial charge is 0.506 e. The van der Waals surface area contributed by atoms with Gasteiger partial charge >= 0.3 is 0 Å². The van der Waals surface area contributed by atoms with E-state index in [-0.39, 0.29) is 0 Å². The summed E-state index contributed by atoms with van der Waals surface area (Å²) in [5.74, 6) is 0.315. The number of nitrogens with zero attached hydrogens (tertiary/aromatic N) is 1. The van der Waals surface area contributed by atoms with Crippen LogP contribution in [0.2, 0.25) is 0 Å². The summed E-state index contributed by atoms with van der Waals surface area (Å²) in [5, 5.41) is 9.35. The van der Waals surface area contributed by atoms with Crippen LogP contribution < -0.4 is 0 Å². The number of hydrogen-bond acceptors (Lipinski definition) is 2. The van der Waals surface area contributed by atoms with Gasteiger partial charge in [0.25, 0.3) is 0 Å². The summed E-state index contributed by atoms with van der Waals surface area (Å²) in [7, 11) is 0. The summed E-state index contributed by atoms with van der Waals surface area (Å²) < 4.78 is 0. The smallest absolute Gasteiger partial charge is 0.137 e. The van der Waals surface area contributed by atoms with E-state index in [1.165, 1.54) is 6.20 Å². The van der Waals surface area contributed by atoms with Crippen LogP contribution in [0.3, 0.4) is 0 Å². The fourth-order valence-electron chi connectivity index (χ4n) is 1.19. The molecule has 1 rings (SSSR count). The van der Waals surface area contributed by atoms with E-state index in [2.05, 4.69) is 4.98 Å². The van der Waals surface area contributed by atoms with Crippen molar-refractivity contribution in [3.05, 3.63) is 23.0 Å². The molecule has 1 aromatic rings. The van der Waals surface area contributed by atoms with Gasteiger partial charge in [-0.15, -0.1) is 0 Å². The SMILES string of the molecule is CCc1c(O)cnc(C)c1C. The van der Waals surface area contributed by atoms with E-state index < -0.39 is 0 Å². The average Bonchev–Trinajstić information content (AvgIpc) is 1.99. The lowest BCUT2D eigenvalue weighted by Crippen LogP contribution is -1.93. The van der Waals surface area contributed by atoms with Gasteiger partial charge in [0.1, 0.15) is 5.75 Å². The normalized spacial score (nSPS) is 10.1. The van der Waals surface area contributed by atoms with Crippen LogP contribution in [0.1, 0.15) is 23.7 Å². The third-order valence-corrected chi connectivity index (χ3v) is 2.04. The van der Waals surface area contributed by atoms with Gasteiger partial charge in [0.05, 0.1) is 6.20 Å². The topological polar surface area (TPSA) is 33.1 Å². The van der Waals surface area contributed by atoms with Gasteiger partial charge in [0.15, 0.2) is 0 Å². The monoisotopic (exact) mass is 151 g/mol. The Morgan fingerprint density at radius 1 is 1.45 bits per heavy atom. The summed E-state index contributed by atoms with van der Waals surface area (Å²) in [6.07, 6.45) is 2.38. The first-order valence-electron chi connectivity index (χ1n) is 3.80. The molecule has 60 valence electrons. The van der Waals surface area contributed by atoms with Crippen molar-refractivity contribution in [2.75, 3.05) is 0 Å². The van der Waals surface area contributed by atoms with Gasteiger partial charge in [-0.2, -0.15) is 0 Å². The molecular formula is C9H13NO. The Bertz CT molecular complexity index is 269. The molecule has 0 aliphatic carbocycles. The Hall–Kier alpha value is -1.05. The van der Waals surface area contributed by atoms with Crippen LogP contribution in [0.5, 0.6) is 5.75 Å². The van der Waals surface area contributed by atoms with Gasteiger partial charge in [-0.05, 0) is 31.4 Å². The minimum atomic E-state index is 0.315. The van der Waals surface area contributed by atoms with Crippen molar-refractivity contribution in [3.8, 4) is 5.75 Å². The molecule has 0 spiro atoms. The highest BCUT2D eigenvalue weighted by atomic mass is 16.3. The standard InChI is InChI=1S/C9H13NO/c1-4-8-6(2)7(3)10-5-9(8)11/h5,11H,4H2,1-3H3. The molecule has 0 bridgehead atoms. The highest BCUT2D eigenvalue weighted by molar-refractivity contribution is 5.38. The van der Waals surface area contributed by atoms with Gasteiger partial charge in [-0.25, -0.2) is 0 Å². The lowest BCUT2D eigenvalue weighted by Gasteiger charge is -2.06. The number of aryl methyl sites for hydroxylation is 1. The van der Waals surface area contributed by atoms with E-state index >= 15 is 0 Å². The summed E-state index contributed by atoms with van der Waals surface area (Å²) in [6.45, 7) is 5.97. The first kappa shape index (κ1) is 8.05. The first-order valence-corrected chi connectivity index (χ1v) is 3.80. The van der Waals surface area contributed by atoms with Crippen LogP contribution in [0, 0.1) is 13.8 Å². The fraction of sp³-hybridized carbons (Fsp3) is 0.444. The zero-order valence-corrected chi connectivity index (χ0v) is 7.18. The maximum atomic E-state index is 9.35. The van der Waals surface area contributed by atoms with Gasteiger partial charge in [0.2, 0.25) is 0 Å². The van der Waals surface area contributed by atoms with Crippen LogP contribution in [0.15, 0.2) is 6.20 Å². The number of hydrogen-bond donors (Lipinski definition) is 1. The predicted molar refractivity (Wildman–Crippen MR) is 44.8 cm³/mol. The zero-order chi connectivity index (χ0) is 8.43. The molecule has 0 aliphatic heterocycles. The molecule has 1 heterocycles. The molecule has 2 heteroatoms. The first-order chi connectivity index (χ1) is 5.16. The van der Waals surface area contributed by atoms with Gasteiger partial charge in [-0.3, -0.25) is 4.98 Å². The lowest BCUT2D eigenvalue weighted by atomic mass is 10.1. The van der Waals surface area contributed by atoms with Crippen LogP contribution in [-0.2, 0) is 6.42 Å². The van der Waals surface area contributed by atoms with Crippen molar-refractivity contribution in [1.82, 2.24) is 4.98 Å². The Morgan fingerprint density at radius 3 is 2.55 bits per heavy atom. The summed E-state index contributed by atoms with van der Waals surface area (Å²) in [6, 6.07) is 0. The molecule has 2 nitrogen and oxygen atoms in total. The molecule has 11 heavy (non-hydrogen) atoms. The zero-order valence-electron chi connectivity index (χ0n) is 7.18. The van der Waals surface area contributed by atoms with E-state index in [0.29, 0.717) is 5.75 Å². The molecule has 0 radical (unpaired) electrons. The van der Waals surface area contributed by atoms with Crippen molar-refractivity contribution in [2.45, 2.75) is 27.2 Å². The molecule has 0 saturated carbocycles. The number of rotatable bonds is 1. The summed E-state index contributed by atoms with van der Waals surface area (Å²) in [5.41, 5.74) is 3.12. The van der Waals surface area contributed by atoms with Crippen LogP contribution in [-0.4, -0.2) is 10.1 Å². The molecule has 1 aromatic heterocycles. The Morgan fingerprint density at radius 2 is 2.09 bits per heavy atom. The molecular weight excluding hydrogens is 138 g/mol. The third-order valence-electron chi connectivity index (χ3n) is 2.04. The Labute approximate surface area is 66.9 Å². The second-order valence-electron chi connectivity index (χ2n) is 2.69. The van der Waals surface area contributed by atoms with E-state index in [9.17, 15) is 5.11 Å². The van der Waals surface area contributed by atoms with Crippen molar-refractivity contribution in [1.29, 1.82) is 0 Å². The van der Waals surface area contributed by atoms with E-state index in [1.54, 1.807) is 0 Å². The molecule has 0 unspecified atom stereocenters. The Balaban J connectivity index is 3.29. The van der Waals surface area contributed by atoms with Crippen LogP contribution in [0.25, 0.3) is 0 Å². The molecule has 0 saturated heterocycles. The fourth-order valence-corrected chi connectivity index (χ4v) is 1.19. The van der Waals surface area contributed by atoms with E-state index in [1.807, 2.05) is 20.8 Å². The van der Waals surface area contributed by atoms with E-state index in [0.717, 1.165) is 23.2 Å². The van der Waals surface area contributed by atoms with Crippen LogP contribution >= 0.6 is 0 Å². The summed E-state index contributed by atoms with van der Waals surface area (Å²) >= 11 is 0. The lowest BCUT2D eigenvalue weighted by molar-refractivity contribution is 0.465. The highest BCUT2D eigenvalue weighted by Gasteiger charge is 2.04. The molecule has 0 amide bonds. The predicted octanol–water partition coefficient (Wildman–Crippen LogP) is 1.97. The molecule has 1 N–H and O–H groups in total. The second-order valence-corrected chi connectivity index (χ2v) is 2.69.